The first-order valence-electron chi connectivity index (χ1n) is 6.87. The summed E-state index contributed by atoms with van der Waals surface area (Å²) < 4.78 is 39.5. The molecule has 0 aliphatic heterocycles. The molecule has 0 spiro atoms. The summed E-state index contributed by atoms with van der Waals surface area (Å²) in [6.07, 6.45) is 0.0263. The smallest absolute Gasteiger partial charge is 0.322 e. The molecule has 0 radical (unpaired) electrons. The number of benzene rings is 2. The van der Waals surface area contributed by atoms with E-state index in [1.165, 1.54) is 18.2 Å². The number of carboxylic acids is 1. The van der Waals surface area contributed by atoms with Crippen LogP contribution >= 0.6 is 0 Å². The maximum atomic E-state index is 13.1. The van der Waals surface area contributed by atoms with E-state index < -0.39 is 33.6 Å². The number of carboxylic acid groups (broad SMARTS) is 1. The molecule has 0 aromatic heterocycles. The van der Waals surface area contributed by atoms with Crippen molar-refractivity contribution in [1.29, 1.82) is 0 Å². The number of carbonyl (C=O) groups is 1. The van der Waals surface area contributed by atoms with Gasteiger partial charge in [0.15, 0.2) is 0 Å². The van der Waals surface area contributed by atoms with Crippen molar-refractivity contribution in [3.05, 3.63) is 71.5 Å². The number of nitrogens with one attached hydrogen (secondary N) is 1. The van der Waals surface area contributed by atoms with Crippen LogP contribution in [0.5, 0.6) is 0 Å². The Labute approximate surface area is 133 Å². The fraction of sp³-hybridized carbons (Fsp3) is 0.188. The fourth-order valence-corrected chi connectivity index (χ4v) is 3.45. The number of aliphatic carboxylic acids is 1. The number of hydrogen-bond acceptors (Lipinski definition) is 3. The van der Waals surface area contributed by atoms with Crippen LogP contribution in [0.3, 0.4) is 0 Å². The number of halogens is 1. The summed E-state index contributed by atoms with van der Waals surface area (Å²) in [5.74, 6) is -2.29. The molecule has 5 nitrogen and oxygen atoms in total. The molecule has 2 aromatic rings. The monoisotopic (exact) mass is 337 g/mol. The molecule has 0 amide bonds. The van der Waals surface area contributed by atoms with Crippen molar-refractivity contribution in [1.82, 2.24) is 4.72 Å². The Balaban J connectivity index is 2.10. The van der Waals surface area contributed by atoms with Gasteiger partial charge >= 0.3 is 5.97 Å². The minimum absolute atomic E-state index is 0.0263. The number of sulfonamides is 1. The predicted molar refractivity (Wildman–Crippen MR) is 83.7 cm³/mol. The van der Waals surface area contributed by atoms with E-state index in [2.05, 4.69) is 4.72 Å². The van der Waals surface area contributed by atoms with Gasteiger partial charge in [0.2, 0.25) is 10.0 Å². The molecule has 1 atom stereocenters. The lowest BCUT2D eigenvalue weighted by Crippen LogP contribution is -2.42. The van der Waals surface area contributed by atoms with Crippen LogP contribution in [-0.4, -0.2) is 25.5 Å². The molecule has 0 heterocycles. The molecule has 7 heteroatoms. The molecular weight excluding hydrogens is 321 g/mol. The van der Waals surface area contributed by atoms with Gasteiger partial charge in [-0.25, -0.2) is 17.5 Å². The van der Waals surface area contributed by atoms with Crippen molar-refractivity contribution in [3.63, 3.8) is 0 Å². The Morgan fingerprint density at radius 3 is 2.35 bits per heavy atom. The second-order valence-corrected chi connectivity index (χ2v) is 6.84. The van der Waals surface area contributed by atoms with E-state index in [1.807, 2.05) is 0 Å². The van der Waals surface area contributed by atoms with Crippen LogP contribution in [0.25, 0.3) is 0 Å². The molecule has 23 heavy (non-hydrogen) atoms. The van der Waals surface area contributed by atoms with Crippen LogP contribution < -0.4 is 4.72 Å². The topological polar surface area (TPSA) is 83.5 Å². The van der Waals surface area contributed by atoms with Gasteiger partial charge in [0.05, 0.1) is 5.75 Å². The summed E-state index contributed by atoms with van der Waals surface area (Å²) in [6.45, 7) is 0. The van der Waals surface area contributed by atoms with Crippen LogP contribution in [0, 0.1) is 5.82 Å². The zero-order valence-corrected chi connectivity index (χ0v) is 13.0. The highest BCUT2D eigenvalue weighted by Gasteiger charge is 2.24. The lowest BCUT2D eigenvalue weighted by Gasteiger charge is -2.15. The van der Waals surface area contributed by atoms with Gasteiger partial charge in [-0.3, -0.25) is 4.79 Å². The number of rotatable bonds is 7. The van der Waals surface area contributed by atoms with Gasteiger partial charge in [0.1, 0.15) is 11.9 Å². The van der Waals surface area contributed by atoms with Crippen LogP contribution in [-0.2, 0) is 27.0 Å². The fourth-order valence-electron chi connectivity index (χ4n) is 2.13. The van der Waals surface area contributed by atoms with Crippen LogP contribution in [0.4, 0.5) is 4.39 Å². The minimum atomic E-state index is -3.91. The highest BCUT2D eigenvalue weighted by molar-refractivity contribution is 7.88. The maximum absolute atomic E-state index is 13.1. The predicted octanol–water partition coefficient (Wildman–Crippen LogP) is 1.94. The van der Waals surface area contributed by atoms with Crippen molar-refractivity contribution in [2.75, 3.05) is 0 Å². The minimum Gasteiger partial charge on any atom is -0.480 e. The molecule has 0 saturated heterocycles. The van der Waals surface area contributed by atoms with Gasteiger partial charge in [-0.1, -0.05) is 42.5 Å². The molecule has 2 N–H and O–H groups in total. The highest BCUT2D eigenvalue weighted by Crippen LogP contribution is 2.10. The maximum Gasteiger partial charge on any atom is 0.322 e. The summed E-state index contributed by atoms with van der Waals surface area (Å²) in [5, 5.41) is 9.22. The average molecular weight is 337 g/mol. The summed E-state index contributed by atoms with van der Waals surface area (Å²) in [6, 6.07) is 12.6. The van der Waals surface area contributed by atoms with Gasteiger partial charge in [-0.15, -0.1) is 0 Å². The van der Waals surface area contributed by atoms with E-state index in [4.69, 9.17) is 0 Å². The Morgan fingerprint density at radius 1 is 1.09 bits per heavy atom. The molecular formula is C16H16FNO4S. The molecule has 2 aromatic carbocycles. The second kappa shape index (κ2) is 7.34. The molecule has 2 rings (SSSR count). The third-order valence-corrected chi connectivity index (χ3v) is 4.51. The SMILES string of the molecule is O=C(O)[C@H](Cc1ccccc1)NS(=O)(=O)Cc1cccc(F)c1. The molecule has 0 unspecified atom stereocenters. The zero-order chi connectivity index (χ0) is 16.9. The average Bonchev–Trinajstić information content (AvgIpc) is 2.46. The standard InChI is InChI=1S/C16H16FNO4S/c17-14-8-4-7-13(9-14)11-23(21,22)18-15(16(19)20)10-12-5-2-1-3-6-12/h1-9,15,18H,10-11H2,(H,19,20)/t15-/m0/s1. The van der Waals surface area contributed by atoms with Crippen LogP contribution in [0.15, 0.2) is 54.6 Å². The van der Waals surface area contributed by atoms with Gasteiger partial charge < -0.3 is 5.11 Å². The Hall–Kier alpha value is -2.25. The van der Waals surface area contributed by atoms with Gasteiger partial charge in [0.25, 0.3) is 0 Å². The van der Waals surface area contributed by atoms with Crippen molar-refractivity contribution >= 4 is 16.0 Å². The summed E-state index contributed by atoms with van der Waals surface area (Å²) in [7, 11) is -3.91. The second-order valence-electron chi connectivity index (χ2n) is 5.09. The van der Waals surface area contributed by atoms with Gasteiger partial charge in [-0.05, 0) is 29.7 Å². The third-order valence-electron chi connectivity index (χ3n) is 3.15. The van der Waals surface area contributed by atoms with Gasteiger partial charge in [0, 0.05) is 0 Å². The highest BCUT2D eigenvalue weighted by atomic mass is 32.2. The van der Waals surface area contributed by atoms with Crippen molar-refractivity contribution in [3.8, 4) is 0 Å². The molecule has 0 fully saturated rings. The van der Waals surface area contributed by atoms with Gasteiger partial charge in [-0.2, -0.15) is 0 Å². The largest absolute Gasteiger partial charge is 0.480 e. The van der Waals surface area contributed by atoms with Crippen molar-refractivity contribution in [2.24, 2.45) is 0 Å². The molecule has 0 saturated carbocycles. The van der Waals surface area contributed by atoms with E-state index in [0.29, 0.717) is 5.56 Å². The number of hydrogen-bond donors (Lipinski definition) is 2. The molecule has 122 valence electrons. The van der Waals surface area contributed by atoms with E-state index in [1.54, 1.807) is 30.3 Å². The quantitative estimate of drug-likeness (QED) is 0.809. The normalized spacial score (nSPS) is 12.7. The van der Waals surface area contributed by atoms with E-state index >= 15 is 0 Å². The van der Waals surface area contributed by atoms with Crippen LogP contribution in [0.2, 0.25) is 0 Å². The summed E-state index contributed by atoms with van der Waals surface area (Å²) in [5.41, 5.74) is 0.953. The van der Waals surface area contributed by atoms with Crippen LogP contribution in [0.1, 0.15) is 11.1 Å². The van der Waals surface area contributed by atoms with E-state index in [-0.39, 0.29) is 12.0 Å². The van der Waals surface area contributed by atoms with E-state index in [0.717, 1.165) is 6.07 Å². The molecule has 0 bridgehead atoms. The Kier molecular flexibility index (Phi) is 5.46. The first kappa shape index (κ1) is 17.1. The molecule has 0 aliphatic carbocycles. The Bertz CT molecular complexity index is 778. The lowest BCUT2D eigenvalue weighted by molar-refractivity contribution is -0.138. The first-order valence-corrected chi connectivity index (χ1v) is 8.52. The lowest BCUT2D eigenvalue weighted by atomic mass is 10.1. The molecule has 0 aliphatic rings. The summed E-state index contributed by atoms with van der Waals surface area (Å²) >= 11 is 0. The van der Waals surface area contributed by atoms with E-state index in [9.17, 15) is 22.7 Å². The Morgan fingerprint density at radius 2 is 1.74 bits per heavy atom. The van der Waals surface area contributed by atoms with Crippen molar-refractivity contribution in [2.45, 2.75) is 18.2 Å². The first-order chi connectivity index (χ1) is 10.9. The third kappa shape index (κ3) is 5.46. The summed E-state index contributed by atoms with van der Waals surface area (Å²) in [4.78, 5) is 11.3. The van der Waals surface area contributed by atoms with Crippen molar-refractivity contribution < 1.29 is 22.7 Å². The zero-order valence-electron chi connectivity index (χ0n) is 12.1.